The molecule has 0 fully saturated rings. The molecular formula is C15H26O2. The van der Waals surface area contributed by atoms with Gasteiger partial charge in [-0.25, -0.2) is 0 Å². The highest BCUT2D eigenvalue weighted by atomic mass is 16.5. The van der Waals surface area contributed by atoms with Gasteiger partial charge in [0.05, 0.1) is 12.5 Å². The molecule has 0 radical (unpaired) electrons. The molecule has 2 heteroatoms. The molecule has 1 rings (SSSR count). The van der Waals surface area contributed by atoms with Crippen molar-refractivity contribution in [2.24, 2.45) is 11.8 Å². The zero-order valence-corrected chi connectivity index (χ0v) is 11.3. The van der Waals surface area contributed by atoms with Crippen molar-refractivity contribution in [3.8, 4) is 0 Å². The average molecular weight is 238 g/mol. The number of esters is 1. The molecule has 0 saturated carbocycles. The van der Waals surface area contributed by atoms with E-state index in [1.165, 1.54) is 19.3 Å². The number of rotatable bonds is 7. The highest BCUT2D eigenvalue weighted by Crippen LogP contribution is 2.20. The molecule has 0 bridgehead atoms. The van der Waals surface area contributed by atoms with Crippen molar-refractivity contribution in [1.82, 2.24) is 0 Å². The van der Waals surface area contributed by atoms with E-state index in [9.17, 15) is 4.79 Å². The van der Waals surface area contributed by atoms with Crippen LogP contribution in [0.5, 0.6) is 0 Å². The van der Waals surface area contributed by atoms with Crippen LogP contribution in [-0.2, 0) is 9.53 Å². The van der Waals surface area contributed by atoms with E-state index in [1.807, 2.05) is 0 Å². The largest absolute Gasteiger partial charge is 0.465 e. The molecule has 0 spiro atoms. The van der Waals surface area contributed by atoms with Gasteiger partial charge in [-0.15, -0.1) is 0 Å². The summed E-state index contributed by atoms with van der Waals surface area (Å²) in [5.74, 6) is 0.686. The first-order valence-corrected chi connectivity index (χ1v) is 7.09. The standard InChI is InChI=1S/C15H26O2/c1-3-5-9-13(4-2)12-17-15(16)14-10-7-6-8-11-14/h6-7,13-14H,3-5,8-12H2,1-2H3/t13-,14+/m1/s1. The van der Waals surface area contributed by atoms with Crippen molar-refractivity contribution < 1.29 is 9.53 Å². The summed E-state index contributed by atoms with van der Waals surface area (Å²) in [5, 5.41) is 0. The van der Waals surface area contributed by atoms with Crippen molar-refractivity contribution in [1.29, 1.82) is 0 Å². The second-order valence-electron chi connectivity index (χ2n) is 5.03. The molecule has 0 aliphatic heterocycles. The maximum Gasteiger partial charge on any atom is 0.309 e. The summed E-state index contributed by atoms with van der Waals surface area (Å²) in [5.41, 5.74) is 0. The lowest BCUT2D eigenvalue weighted by atomic mass is 9.94. The third kappa shape index (κ3) is 5.38. The first kappa shape index (κ1) is 14.3. The quantitative estimate of drug-likeness (QED) is 0.493. The molecule has 2 nitrogen and oxygen atoms in total. The maximum absolute atomic E-state index is 11.8. The molecule has 0 unspecified atom stereocenters. The Balaban J connectivity index is 2.23. The summed E-state index contributed by atoms with van der Waals surface area (Å²) < 4.78 is 5.46. The second kappa shape index (κ2) is 8.32. The summed E-state index contributed by atoms with van der Waals surface area (Å²) in [6.45, 7) is 5.00. The zero-order valence-electron chi connectivity index (χ0n) is 11.3. The summed E-state index contributed by atoms with van der Waals surface area (Å²) in [6.07, 6.45) is 11.9. The van der Waals surface area contributed by atoms with Crippen LogP contribution in [-0.4, -0.2) is 12.6 Å². The van der Waals surface area contributed by atoms with Gasteiger partial charge >= 0.3 is 5.97 Å². The Morgan fingerprint density at radius 3 is 2.82 bits per heavy atom. The normalized spacial score (nSPS) is 21.2. The Morgan fingerprint density at radius 1 is 1.41 bits per heavy atom. The molecule has 1 aliphatic rings. The highest BCUT2D eigenvalue weighted by Gasteiger charge is 2.21. The molecule has 0 amide bonds. The second-order valence-corrected chi connectivity index (χ2v) is 5.03. The van der Waals surface area contributed by atoms with Gasteiger partial charge in [-0.05, 0) is 31.6 Å². The van der Waals surface area contributed by atoms with Gasteiger partial charge in [0.2, 0.25) is 0 Å². The third-order valence-corrected chi connectivity index (χ3v) is 3.61. The molecule has 0 aromatic rings. The number of carbonyl (C=O) groups is 1. The van der Waals surface area contributed by atoms with E-state index in [2.05, 4.69) is 26.0 Å². The Morgan fingerprint density at radius 2 is 2.24 bits per heavy atom. The van der Waals surface area contributed by atoms with Gasteiger partial charge in [0.15, 0.2) is 0 Å². The van der Waals surface area contributed by atoms with E-state index >= 15 is 0 Å². The van der Waals surface area contributed by atoms with Crippen LogP contribution >= 0.6 is 0 Å². The number of hydrogen-bond acceptors (Lipinski definition) is 2. The monoisotopic (exact) mass is 238 g/mol. The molecule has 0 aromatic heterocycles. The van der Waals surface area contributed by atoms with Crippen LogP contribution in [0.3, 0.4) is 0 Å². The van der Waals surface area contributed by atoms with Gasteiger partial charge in [-0.3, -0.25) is 4.79 Å². The Bertz CT molecular complexity index is 245. The molecule has 17 heavy (non-hydrogen) atoms. The first-order chi connectivity index (χ1) is 8.27. The number of ether oxygens (including phenoxy) is 1. The third-order valence-electron chi connectivity index (χ3n) is 3.61. The molecule has 0 N–H and O–H groups in total. The summed E-state index contributed by atoms with van der Waals surface area (Å²) in [7, 11) is 0. The smallest absolute Gasteiger partial charge is 0.309 e. The predicted molar refractivity (Wildman–Crippen MR) is 70.7 cm³/mol. The van der Waals surface area contributed by atoms with Gasteiger partial charge < -0.3 is 4.74 Å². The number of carbonyl (C=O) groups excluding carboxylic acids is 1. The van der Waals surface area contributed by atoms with E-state index in [-0.39, 0.29) is 11.9 Å². The van der Waals surface area contributed by atoms with Crippen molar-refractivity contribution in [2.75, 3.05) is 6.61 Å². The number of hydrogen-bond donors (Lipinski definition) is 0. The van der Waals surface area contributed by atoms with Gasteiger partial charge in [0.1, 0.15) is 0 Å². The predicted octanol–water partition coefficient (Wildman–Crippen LogP) is 4.10. The zero-order chi connectivity index (χ0) is 12.5. The molecule has 2 atom stereocenters. The van der Waals surface area contributed by atoms with Crippen LogP contribution < -0.4 is 0 Å². The maximum atomic E-state index is 11.8. The highest BCUT2D eigenvalue weighted by molar-refractivity contribution is 5.72. The van der Waals surface area contributed by atoms with Crippen LogP contribution in [0.25, 0.3) is 0 Å². The Labute approximate surface area is 105 Å². The Kier molecular flexibility index (Phi) is 6.99. The molecule has 0 saturated heterocycles. The minimum atomic E-state index is 0.0179. The summed E-state index contributed by atoms with van der Waals surface area (Å²) >= 11 is 0. The average Bonchev–Trinajstić information content (AvgIpc) is 2.39. The summed E-state index contributed by atoms with van der Waals surface area (Å²) in [6, 6.07) is 0. The van der Waals surface area contributed by atoms with Crippen LogP contribution in [0.2, 0.25) is 0 Å². The van der Waals surface area contributed by atoms with E-state index in [0.29, 0.717) is 12.5 Å². The van der Waals surface area contributed by atoms with Gasteiger partial charge in [-0.2, -0.15) is 0 Å². The van der Waals surface area contributed by atoms with Crippen LogP contribution in [0.1, 0.15) is 58.8 Å². The van der Waals surface area contributed by atoms with E-state index in [0.717, 1.165) is 25.7 Å². The van der Waals surface area contributed by atoms with Crippen LogP contribution in [0.4, 0.5) is 0 Å². The van der Waals surface area contributed by atoms with Gasteiger partial charge in [0, 0.05) is 0 Å². The first-order valence-electron chi connectivity index (χ1n) is 7.09. The van der Waals surface area contributed by atoms with E-state index < -0.39 is 0 Å². The topological polar surface area (TPSA) is 26.3 Å². The molecule has 1 aliphatic carbocycles. The lowest BCUT2D eigenvalue weighted by molar-refractivity contribution is -0.150. The minimum absolute atomic E-state index is 0.0179. The number of unbranched alkanes of at least 4 members (excludes halogenated alkanes) is 1. The van der Waals surface area contributed by atoms with E-state index in [4.69, 9.17) is 4.74 Å². The van der Waals surface area contributed by atoms with E-state index in [1.54, 1.807) is 0 Å². The molecule has 0 heterocycles. The van der Waals surface area contributed by atoms with Crippen molar-refractivity contribution in [3.63, 3.8) is 0 Å². The van der Waals surface area contributed by atoms with Gasteiger partial charge in [-0.1, -0.05) is 45.3 Å². The minimum Gasteiger partial charge on any atom is -0.465 e. The number of allylic oxidation sites excluding steroid dienone is 2. The molecular weight excluding hydrogens is 212 g/mol. The molecule has 0 aromatic carbocycles. The lowest BCUT2D eigenvalue weighted by Gasteiger charge is -2.19. The van der Waals surface area contributed by atoms with Gasteiger partial charge in [0.25, 0.3) is 0 Å². The lowest BCUT2D eigenvalue weighted by Crippen LogP contribution is -2.22. The van der Waals surface area contributed by atoms with Crippen LogP contribution in [0, 0.1) is 11.8 Å². The Hall–Kier alpha value is -0.790. The fourth-order valence-corrected chi connectivity index (χ4v) is 2.22. The fourth-order valence-electron chi connectivity index (χ4n) is 2.22. The fraction of sp³-hybridized carbons (Fsp3) is 0.800. The SMILES string of the molecule is CCCC[C@@H](CC)COC(=O)[C@H]1CC=CCC1. The summed E-state index contributed by atoms with van der Waals surface area (Å²) in [4.78, 5) is 11.8. The van der Waals surface area contributed by atoms with Crippen LogP contribution in [0.15, 0.2) is 12.2 Å². The van der Waals surface area contributed by atoms with Crippen molar-refractivity contribution in [3.05, 3.63) is 12.2 Å². The molecule has 98 valence electrons. The van der Waals surface area contributed by atoms with Crippen molar-refractivity contribution in [2.45, 2.75) is 58.8 Å². The van der Waals surface area contributed by atoms with Crippen molar-refractivity contribution >= 4 is 5.97 Å².